The molecule has 10 heteroatoms. The first-order chi connectivity index (χ1) is 27.4. The predicted molar refractivity (Wildman–Crippen MR) is 227 cm³/mol. The maximum absolute atomic E-state index is 15.4. The Hall–Kier alpha value is -6.00. The van der Waals surface area contributed by atoms with E-state index in [4.69, 9.17) is 0 Å². The molecule has 1 unspecified atom stereocenters. The Morgan fingerprint density at radius 2 is 1.46 bits per heavy atom. The standard InChI is InChI=1S/C46H42BrN7O2/c1-4-5-23-35-38(31-19-11-7-12-20-31)40(36-27-48-29(3)49-45(36)55)41(44-50-52-53-51-44)43(54(33-21-13-8-14-22-33)46(56)42(47)32-25-26-32)39(35)34-24-15-16-28(2)37(34)30-17-9-6-10-18-30/h6-22,24,27,32,42H,4-5,23,25-26H2,1-3H3,(H,48,49,55)(H,50,51,52,53). The number of aryl methyl sites for hydroxylation is 2. The third-order valence-electron chi connectivity index (χ3n) is 10.5. The minimum atomic E-state index is -0.455. The van der Waals surface area contributed by atoms with E-state index in [1.54, 1.807) is 13.1 Å². The monoisotopic (exact) mass is 803 g/mol. The first-order valence-corrected chi connectivity index (χ1v) is 20.1. The van der Waals surface area contributed by atoms with Gasteiger partial charge in [0.2, 0.25) is 5.91 Å². The molecule has 2 heterocycles. The van der Waals surface area contributed by atoms with Gasteiger partial charge in [-0.1, -0.05) is 126 Å². The highest BCUT2D eigenvalue weighted by molar-refractivity contribution is 9.10. The van der Waals surface area contributed by atoms with Crippen LogP contribution >= 0.6 is 15.9 Å². The molecule has 280 valence electrons. The van der Waals surface area contributed by atoms with Gasteiger partial charge in [-0.3, -0.25) is 14.5 Å². The van der Waals surface area contributed by atoms with E-state index in [1.165, 1.54) is 0 Å². The summed E-state index contributed by atoms with van der Waals surface area (Å²) in [6, 6.07) is 36.7. The van der Waals surface area contributed by atoms with Crippen LogP contribution in [0.25, 0.3) is 55.9 Å². The molecule has 1 aliphatic rings. The van der Waals surface area contributed by atoms with Gasteiger partial charge < -0.3 is 4.98 Å². The lowest BCUT2D eigenvalue weighted by atomic mass is 9.77. The van der Waals surface area contributed by atoms with E-state index >= 15 is 4.79 Å². The average Bonchev–Trinajstić information content (AvgIpc) is 3.94. The van der Waals surface area contributed by atoms with Crippen LogP contribution in [0.15, 0.2) is 120 Å². The lowest BCUT2D eigenvalue weighted by molar-refractivity contribution is -0.117. The average molecular weight is 805 g/mol. The summed E-state index contributed by atoms with van der Waals surface area (Å²) in [7, 11) is 0. The number of carbonyl (C=O) groups is 1. The molecule has 1 fully saturated rings. The Kier molecular flexibility index (Phi) is 10.6. The maximum atomic E-state index is 15.4. The molecule has 0 aliphatic heterocycles. The van der Waals surface area contributed by atoms with E-state index in [0.29, 0.717) is 46.1 Å². The molecule has 2 aromatic heterocycles. The topological polar surface area (TPSA) is 121 Å². The number of aromatic nitrogens is 6. The van der Waals surface area contributed by atoms with Crippen molar-refractivity contribution in [3.8, 4) is 55.9 Å². The Bertz CT molecular complexity index is 2550. The van der Waals surface area contributed by atoms with Gasteiger partial charge in [-0.05, 0) is 107 Å². The minimum Gasteiger partial charge on any atom is -0.310 e. The summed E-state index contributed by atoms with van der Waals surface area (Å²) in [6.45, 7) is 6.07. The molecular weight excluding hydrogens is 762 g/mol. The number of nitrogens with zero attached hydrogens (tertiary/aromatic N) is 5. The SMILES string of the molecule is CCCCc1c(-c2ccccc2)c(-c2cnc(C)[nH]c2=O)c(-c2nnn[nH]2)c(N(C(=O)C(Br)C2CC2)c2ccccc2)c1-c1cccc(C)c1-c1ccccc1. The number of anilines is 2. The number of hydrogen-bond acceptors (Lipinski definition) is 6. The summed E-state index contributed by atoms with van der Waals surface area (Å²) in [5, 5.41) is 15.8. The van der Waals surface area contributed by atoms with Crippen molar-refractivity contribution in [1.29, 1.82) is 0 Å². The minimum absolute atomic E-state index is 0.113. The molecule has 2 N–H and O–H groups in total. The third-order valence-corrected chi connectivity index (χ3v) is 11.7. The largest absolute Gasteiger partial charge is 0.310 e. The number of alkyl halides is 1. The number of halogens is 1. The van der Waals surface area contributed by atoms with Gasteiger partial charge in [0.1, 0.15) is 5.82 Å². The normalized spacial score (nSPS) is 13.1. The third kappa shape index (κ3) is 7.01. The Balaban J connectivity index is 1.67. The van der Waals surface area contributed by atoms with Crippen molar-refractivity contribution in [2.45, 2.75) is 57.7 Å². The molecule has 1 amide bonds. The van der Waals surface area contributed by atoms with Crippen molar-refractivity contribution in [3.63, 3.8) is 0 Å². The number of H-pyrrole nitrogens is 2. The number of unbranched alkanes of at least 4 members (excludes halogenated alkanes) is 1. The molecule has 8 rings (SSSR count). The summed E-state index contributed by atoms with van der Waals surface area (Å²) in [6.07, 6.45) is 5.97. The second-order valence-electron chi connectivity index (χ2n) is 14.4. The fourth-order valence-electron chi connectivity index (χ4n) is 7.78. The van der Waals surface area contributed by atoms with E-state index in [-0.39, 0.29) is 17.4 Å². The fraction of sp³-hybridized carbons (Fsp3) is 0.217. The van der Waals surface area contributed by atoms with Crippen LogP contribution in [0.5, 0.6) is 0 Å². The first-order valence-electron chi connectivity index (χ1n) is 19.1. The zero-order chi connectivity index (χ0) is 38.8. The van der Waals surface area contributed by atoms with Crippen LogP contribution in [-0.4, -0.2) is 41.3 Å². The summed E-state index contributed by atoms with van der Waals surface area (Å²) >= 11 is 3.87. The molecule has 0 bridgehead atoms. The molecule has 0 spiro atoms. The van der Waals surface area contributed by atoms with Crippen molar-refractivity contribution >= 4 is 33.2 Å². The van der Waals surface area contributed by atoms with Gasteiger partial charge in [-0.15, -0.1) is 5.10 Å². The molecule has 1 atom stereocenters. The first kappa shape index (κ1) is 36.9. The molecule has 9 nitrogen and oxygen atoms in total. The number of aromatic amines is 2. The lowest BCUT2D eigenvalue weighted by Crippen LogP contribution is -2.35. The van der Waals surface area contributed by atoms with Crippen LogP contribution in [0.4, 0.5) is 11.4 Å². The number of carbonyl (C=O) groups excluding carboxylic acids is 1. The molecule has 0 radical (unpaired) electrons. The number of tetrazole rings is 1. The summed E-state index contributed by atoms with van der Waals surface area (Å²) in [5.41, 5.74) is 10.2. The Morgan fingerprint density at radius 1 is 0.804 bits per heavy atom. The van der Waals surface area contributed by atoms with E-state index in [9.17, 15) is 4.79 Å². The molecule has 5 aromatic carbocycles. The Labute approximate surface area is 334 Å². The van der Waals surface area contributed by atoms with Gasteiger partial charge in [0.15, 0.2) is 5.82 Å². The molecule has 7 aromatic rings. The van der Waals surface area contributed by atoms with Crippen LogP contribution in [-0.2, 0) is 11.2 Å². The smallest absolute Gasteiger partial charge is 0.258 e. The zero-order valence-corrected chi connectivity index (χ0v) is 33.2. The van der Waals surface area contributed by atoms with Gasteiger partial charge in [0.25, 0.3) is 5.56 Å². The van der Waals surface area contributed by atoms with E-state index < -0.39 is 4.83 Å². The van der Waals surface area contributed by atoms with Gasteiger partial charge in [0, 0.05) is 23.0 Å². The van der Waals surface area contributed by atoms with Crippen LogP contribution in [0.3, 0.4) is 0 Å². The maximum Gasteiger partial charge on any atom is 0.258 e. The van der Waals surface area contributed by atoms with Crippen LogP contribution in [0.2, 0.25) is 0 Å². The molecule has 1 aliphatic carbocycles. The van der Waals surface area contributed by atoms with E-state index in [0.717, 1.165) is 70.2 Å². The highest BCUT2D eigenvalue weighted by atomic mass is 79.9. The van der Waals surface area contributed by atoms with Crippen LogP contribution in [0, 0.1) is 19.8 Å². The van der Waals surface area contributed by atoms with Crippen LogP contribution in [0.1, 0.15) is 49.6 Å². The van der Waals surface area contributed by atoms with E-state index in [2.05, 4.69) is 115 Å². The van der Waals surface area contributed by atoms with Crippen molar-refractivity contribution in [1.82, 2.24) is 30.6 Å². The summed E-state index contributed by atoms with van der Waals surface area (Å²) < 4.78 is 0. The number of benzene rings is 5. The fourth-order valence-corrected chi connectivity index (χ4v) is 8.51. The molecule has 56 heavy (non-hydrogen) atoms. The van der Waals surface area contributed by atoms with Crippen molar-refractivity contribution in [2.24, 2.45) is 5.92 Å². The highest BCUT2D eigenvalue weighted by Gasteiger charge is 2.41. The summed E-state index contributed by atoms with van der Waals surface area (Å²) in [5.74, 6) is 0.887. The van der Waals surface area contributed by atoms with Gasteiger partial charge in [0.05, 0.1) is 21.6 Å². The second-order valence-corrected chi connectivity index (χ2v) is 15.4. The van der Waals surface area contributed by atoms with Crippen LogP contribution < -0.4 is 10.5 Å². The predicted octanol–water partition coefficient (Wildman–Crippen LogP) is 10.4. The number of rotatable bonds is 12. The lowest BCUT2D eigenvalue weighted by Gasteiger charge is -2.34. The second kappa shape index (κ2) is 16.0. The van der Waals surface area contributed by atoms with Crippen molar-refractivity contribution < 1.29 is 4.79 Å². The highest BCUT2D eigenvalue weighted by Crippen LogP contribution is 2.55. The van der Waals surface area contributed by atoms with Gasteiger partial charge in [-0.25, -0.2) is 10.1 Å². The number of amides is 1. The molecule has 1 saturated carbocycles. The molecule has 0 saturated heterocycles. The number of nitrogens with one attached hydrogen (secondary N) is 2. The van der Waals surface area contributed by atoms with Gasteiger partial charge in [-0.2, -0.15) is 0 Å². The van der Waals surface area contributed by atoms with E-state index in [1.807, 2.05) is 59.5 Å². The number of para-hydroxylation sites is 1. The van der Waals surface area contributed by atoms with Crippen molar-refractivity contribution in [2.75, 3.05) is 4.90 Å². The quantitative estimate of drug-likeness (QED) is 0.119. The number of hydrogen-bond donors (Lipinski definition) is 2. The van der Waals surface area contributed by atoms with Gasteiger partial charge >= 0.3 is 0 Å². The zero-order valence-electron chi connectivity index (χ0n) is 31.6. The summed E-state index contributed by atoms with van der Waals surface area (Å²) in [4.78, 5) is 38.8. The Morgan fingerprint density at radius 3 is 2.07 bits per heavy atom. The van der Waals surface area contributed by atoms with Crippen molar-refractivity contribution in [3.05, 3.63) is 143 Å². The molecular formula is C46H42BrN7O2.